The van der Waals surface area contributed by atoms with Gasteiger partial charge in [0.1, 0.15) is 12.6 Å². The minimum Gasteiger partial charge on any atom is -0.370 e. The SMILES string of the molecule is CCN(CC(C)(C)C)[C@H](CN)C(=O)Nc1ccc(N2CCOCC2=O)cc1. The van der Waals surface area contributed by atoms with Crippen LogP contribution in [0.2, 0.25) is 0 Å². The molecule has 1 heterocycles. The van der Waals surface area contributed by atoms with Gasteiger partial charge in [-0.3, -0.25) is 14.5 Å². The van der Waals surface area contributed by atoms with E-state index in [1.165, 1.54) is 0 Å². The third-order valence-corrected chi connectivity index (χ3v) is 4.48. The van der Waals surface area contributed by atoms with Crippen molar-refractivity contribution in [1.82, 2.24) is 4.90 Å². The molecule has 1 aromatic rings. The Morgan fingerprint density at radius 3 is 2.52 bits per heavy atom. The maximum Gasteiger partial charge on any atom is 0.253 e. The summed E-state index contributed by atoms with van der Waals surface area (Å²) in [6, 6.07) is 6.91. The Hall–Kier alpha value is -1.96. The third kappa shape index (κ3) is 6.02. The van der Waals surface area contributed by atoms with Crippen molar-refractivity contribution in [2.24, 2.45) is 11.1 Å². The van der Waals surface area contributed by atoms with Gasteiger partial charge in [-0.15, -0.1) is 0 Å². The number of nitrogens with two attached hydrogens (primary N) is 1. The number of nitrogens with zero attached hydrogens (tertiary/aromatic N) is 2. The van der Waals surface area contributed by atoms with E-state index in [0.29, 0.717) is 18.8 Å². The fourth-order valence-electron chi connectivity index (χ4n) is 3.21. The van der Waals surface area contributed by atoms with E-state index in [1.54, 1.807) is 4.90 Å². The second-order valence-corrected chi connectivity index (χ2v) is 8.01. The van der Waals surface area contributed by atoms with Crippen LogP contribution in [0.5, 0.6) is 0 Å². The highest BCUT2D eigenvalue weighted by Crippen LogP contribution is 2.21. The second-order valence-electron chi connectivity index (χ2n) is 8.01. The molecule has 0 unspecified atom stereocenters. The number of morpholine rings is 1. The van der Waals surface area contributed by atoms with Crippen molar-refractivity contribution in [3.63, 3.8) is 0 Å². The highest BCUT2D eigenvalue weighted by atomic mass is 16.5. The van der Waals surface area contributed by atoms with Crippen LogP contribution in [0.1, 0.15) is 27.7 Å². The Bertz CT molecular complexity index is 640. The number of benzene rings is 1. The Morgan fingerprint density at radius 1 is 1.33 bits per heavy atom. The number of hydrogen-bond donors (Lipinski definition) is 2. The molecule has 0 aromatic heterocycles. The first-order valence-electron chi connectivity index (χ1n) is 9.48. The Labute approximate surface area is 161 Å². The topological polar surface area (TPSA) is 87.9 Å². The summed E-state index contributed by atoms with van der Waals surface area (Å²) in [7, 11) is 0. The molecule has 0 aliphatic carbocycles. The molecule has 0 radical (unpaired) electrons. The van der Waals surface area contributed by atoms with Crippen molar-refractivity contribution in [1.29, 1.82) is 0 Å². The van der Waals surface area contributed by atoms with E-state index in [4.69, 9.17) is 10.5 Å². The molecule has 2 amide bonds. The minimum absolute atomic E-state index is 0.0537. The first kappa shape index (κ1) is 21.3. The van der Waals surface area contributed by atoms with Gasteiger partial charge in [-0.2, -0.15) is 0 Å². The predicted molar refractivity (Wildman–Crippen MR) is 108 cm³/mol. The van der Waals surface area contributed by atoms with Crippen molar-refractivity contribution in [2.75, 3.05) is 49.6 Å². The van der Waals surface area contributed by atoms with Crippen molar-refractivity contribution < 1.29 is 14.3 Å². The highest BCUT2D eigenvalue weighted by Gasteiger charge is 2.27. The van der Waals surface area contributed by atoms with Crippen LogP contribution in [0.25, 0.3) is 0 Å². The number of carbonyl (C=O) groups is 2. The lowest BCUT2D eigenvalue weighted by Gasteiger charge is -2.34. The van der Waals surface area contributed by atoms with Gasteiger partial charge in [0.15, 0.2) is 0 Å². The van der Waals surface area contributed by atoms with E-state index in [1.807, 2.05) is 31.2 Å². The summed E-state index contributed by atoms with van der Waals surface area (Å²) in [5, 5.41) is 2.95. The van der Waals surface area contributed by atoms with Crippen molar-refractivity contribution >= 4 is 23.2 Å². The molecule has 2 rings (SSSR count). The lowest BCUT2D eigenvalue weighted by atomic mass is 9.95. The lowest BCUT2D eigenvalue weighted by molar-refractivity contribution is -0.125. The van der Waals surface area contributed by atoms with Crippen LogP contribution in [-0.2, 0) is 14.3 Å². The number of ether oxygens (including phenoxy) is 1. The summed E-state index contributed by atoms with van der Waals surface area (Å²) in [6.07, 6.45) is 0. The maximum absolute atomic E-state index is 12.8. The number of amides is 2. The van der Waals surface area contributed by atoms with Crippen LogP contribution in [0.3, 0.4) is 0 Å². The molecular weight excluding hydrogens is 344 g/mol. The predicted octanol–water partition coefficient (Wildman–Crippen LogP) is 1.68. The van der Waals surface area contributed by atoms with E-state index < -0.39 is 0 Å². The van der Waals surface area contributed by atoms with Gasteiger partial charge in [0, 0.05) is 31.0 Å². The van der Waals surface area contributed by atoms with Crippen LogP contribution < -0.4 is 16.0 Å². The molecule has 1 atom stereocenters. The summed E-state index contributed by atoms with van der Waals surface area (Å²) >= 11 is 0. The van der Waals surface area contributed by atoms with Gasteiger partial charge in [0.2, 0.25) is 5.91 Å². The normalized spacial score (nSPS) is 16.5. The summed E-state index contributed by atoms with van der Waals surface area (Å²) in [6.45, 7) is 11.5. The quantitative estimate of drug-likeness (QED) is 0.756. The molecule has 7 nitrogen and oxygen atoms in total. The molecule has 3 N–H and O–H groups in total. The van der Waals surface area contributed by atoms with Gasteiger partial charge >= 0.3 is 0 Å². The fraction of sp³-hybridized carbons (Fsp3) is 0.600. The standard InChI is InChI=1S/C20H32N4O3/c1-5-23(14-20(2,3)4)17(12-21)19(26)22-15-6-8-16(9-7-15)24-10-11-27-13-18(24)25/h6-9,17H,5,10-14,21H2,1-4H3,(H,22,26)/t17-/m1/s1. The molecule has 1 fully saturated rings. The largest absolute Gasteiger partial charge is 0.370 e. The second kappa shape index (κ2) is 9.30. The number of anilines is 2. The van der Waals surface area contributed by atoms with Crippen molar-refractivity contribution in [2.45, 2.75) is 33.7 Å². The number of rotatable bonds is 7. The number of hydrogen-bond acceptors (Lipinski definition) is 5. The number of likely N-dealkylation sites (N-methyl/N-ethyl adjacent to an activating group) is 1. The third-order valence-electron chi connectivity index (χ3n) is 4.48. The Morgan fingerprint density at radius 2 is 2.00 bits per heavy atom. The molecule has 1 aliphatic rings. The van der Waals surface area contributed by atoms with Crippen LogP contribution in [-0.4, -0.2) is 62.1 Å². The Balaban J connectivity index is 2.04. The molecule has 1 aliphatic heterocycles. The van der Waals surface area contributed by atoms with Crippen molar-refractivity contribution in [3.05, 3.63) is 24.3 Å². The molecule has 0 spiro atoms. The van der Waals surface area contributed by atoms with E-state index in [0.717, 1.165) is 18.8 Å². The van der Waals surface area contributed by atoms with Crippen molar-refractivity contribution in [3.8, 4) is 0 Å². The average molecular weight is 377 g/mol. The van der Waals surface area contributed by atoms with Crippen LogP contribution in [0, 0.1) is 5.41 Å². The molecule has 7 heteroatoms. The monoisotopic (exact) mass is 376 g/mol. The van der Waals surface area contributed by atoms with Crippen LogP contribution in [0.15, 0.2) is 24.3 Å². The van der Waals surface area contributed by atoms with Gasteiger partial charge in [-0.25, -0.2) is 0 Å². The average Bonchev–Trinajstić information content (AvgIpc) is 2.61. The van der Waals surface area contributed by atoms with E-state index >= 15 is 0 Å². The maximum atomic E-state index is 12.8. The number of carbonyl (C=O) groups excluding carboxylic acids is 2. The molecule has 1 aromatic carbocycles. The van der Waals surface area contributed by atoms with E-state index in [-0.39, 0.29) is 36.4 Å². The molecule has 0 bridgehead atoms. The number of nitrogens with one attached hydrogen (secondary N) is 1. The summed E-state index contributed by atoms with van der Waals surface area (Å²) in [5.41, 5.74) is 7.48. The van der Waals surface area contributed by atoms with Gasteiger partial charge in [-0.05, 0) is 36.2 Å². The summed E-state index contributed by atoms with van der Waals surface area (Å²) < 4.78 is 5.15. The zero-order chi connectivity index (χ0) is 20.0. The zero-order valence-electron chi connectivity index (χ0n) is 16.8. The molecular formula is C20H32N4O3. The van der Waals surface area contributed by atoms with Gasteiger partial charge in [0.25, 0.3) is 5.91 Å². The molecule has 1 saturated heterocycles. The summed E-state index contributed by atoms with van der Waals surface area (Å²) in [5.74, 6) is -0.166. The zero-order valence-corrected chi connectivity index (χ0v) is 16.8. The summed E-state index contributed by atoms with van der Waals surface area (Å²) in [4.78, 5) is 28.5. The van der Waals surface area contributed by atoms with Gasteiger partial charge in [-0.1, -0.05) is 27.7 Å². The molecule has 150 valence electrons. The van der Waals surface area contributed by atoms with E-state index in [9.17, 15) is 9.59 Å². The fourth-order valence-corrected chi connectivity index (χ4v) is 3.21. The van der Waals surface area contributed by atoms with E-state index in [2.05, 4.69) is 31.0 Å². The minimum atomic E-state index is -0.380. The van der Waals surface area contributed by atoms with Gasteiger partial charge < -0.3 is 20.7 Å². The Kier molecular flexibility index (Phi) is 7.35. The molecule has 27 heavy (non-hydrogen) atoms. The molecule has 0 saturated carbocycles. The van der Waals surface area contributed by atoms with Gasteiger partial charge in [0.05, 0.1) is 6.61 Å². The first-order chi connectivity index (χ1) is 12.7. The highest BCUT2D eigenvalue weighted by molar-refractivity contribution is 5.97. The lowest BCUT2D eigenvalue weighted by Crippen LogP contribution is -2.51. The van der Waals surface area contributed by atoms with Crippen LogP contribution in [0.4, 0.5) is 11.4 Å². The smallest absolute Gasteiger partial charge is 0.253 e. The van der Waals surface area contributed by atoms with Crippen LogP contribution >= 0.6 is 0 Å². The first-order valence-corrected chi connectivity index (χ1v) is 9.48.